The van der Waals surface area contributed by atoms with Crippen molar-refractivity contribution in [3.8, 4) is 0 Å². The molecule has 0 bridgehead atoms. The Morgan fingerprint density at radius 2 is 2.00 bits per heavy atom. The molecule has 1 fully saturated rings. The monoisotopic (exact) mass is 184 g/mol. The van der Waals surface area contributed by atoms with Gasteiger partial charge in [-0.1, -0.05) is 0 Å². The van der Waals surface area contributed by atoms with Crippen LogP contribution < -0.4 is 0 Å². The summed E-state index contributed by atoms with van der Waals surface area (Å²) in [6, 6.07) is 0. The summed E-state index contributed by atoms with van der Waals surface area (Å²) in [5, 5.41) is 0. The molecule has 1 rings (SSSR count). The fourth-order valence-electron chi connectivity index (χ4n) is 0.302. The van der Waals surface area contributed by atoms with Crippen LogP contribution in [-0.4, -0.2) is 13.3 Å². The SMILES string of the molecule is C[C@@H]1CI1C. The van der Waals surface area contributed by atoms with Gasteiger partial charge < -0.3 is 0 Å². The van der Waals surface area contributed by atoms with Crippen molar-refractivity contribution < 1.29 is 0 Å². The molecule has 0 aliphatic carbocycles. The third-order valence-electron chi connectivity index (χ3n) is 0.990. The Labute approximate surface area is 40.3 Å². The number of halogens is 1. The van der Waals surface area contributed by atoms with Gasteiger partial charge in [-0.2, -0.15) is 0 Å². The zero-order valence-electron chi connectivity index (χ0n) is 3.66. The molecule has 0 N–H and O–H groups in total. The van der Waals surface area contributed by atoms with Gasteiger partial charge in [-0.05, 0) is 0 Å². The number of rotatable bonds is 0. The summed E-state index contributed by atoms with van der Waals surface area (Å²) in [5.41, 5.74) is 0. The molecule has 1 aliphatic heterocycles. The van der Waals surface area contributed by atoms with Gasteiger partial charge in [0.2, 0.25) is 0 Å². The third kappa shape index (κ3) is 0.778. The van der Waals surface area contributed by atoms with E-state index < -0.39 is 0 Å². The van der Waals surface area contributed by atoms with E-state index in [1.807, 2.05) is 0 Å². The van der Waals surface area contributed by atoms with Crippen LogP contribution in [0.4, 0.5) is 0 Å². The fourth-order valence-corrected chi connectivity index (χ4v) is 4.26. The summed E-state index contributed by atoms with van der Waals surface area (Å²) < 4.78 is 2.84. The van der Waals surface area contributed by atoms with Crippen molar-refractivity contribution in [1.29, 1.82) is 0 Å². The maximum absolute atomic E-state index is 2.45. The molecule has 0 aromatic heterocycles. The molecule has 0 radical (unpaired) electrons. The molecule has 1 atom stereocenters. The van der Waals surface area contributed by atoms with Crippen molar-refractivity contribution in [2.24, 2.45) is 0 Å². The molecular formula is C4H9I. The Bertz CT molecular complexity index is 36.9. The van der Waals surface area contributed by atoms with Gasteiger partial charge >= 0.3 is 40.0 Å². The van der Waals surface area contributed by atoms with Crippen LogP contribution in [0.15, 0.2) is 0 Å². The first kappa shape index (κ1) is 3.90. The van der Waals surface area contributed by atoms with Gasteiger partial charge in [0.05, 0.1) is 0 Å². The molecule has 32 valence electrons. The molecule has 0 nitrogen and oxygen atoms in total. The number of hydrogen-bond acceptors (Lipinski definition) is 0. The van der Waals surface area contributed by atoms with Crippen LogP contribution in [0.2, 0.25) is 0 Å². The molecule has 0 saturated carbocycles. The topological polar surface area (TPSA) is 0 Å². The van der Waals surface area contributed by atoms with Gasteiger partial charge in [0.15, 0.2) is 0 Å². The van der Waals surface area contributed by atoms with Crippen LogP contribution >= 0.6 is 19.8 Å². The van der Waals surface area contributed by atoms with E-state index in [-0.39, 0.29) is 19.8 Å². The Morgan fingerprint density at radius 3 is 2.00 bits per heavy atom. The molecule has 1 heterocycles. The molecule has 0 aromatic rings. The molecule has 0 spiro atoms. The van der Waals surface area contributed by atoms with Crippen LogP contribution in [0.3, 0.4) is 0 Å². The summed E-state index contributed by atoms with van der Waals surface area (Å²) in [4.78, 5) is 2.45. The minimum atomic E-state index is -0.115. The quantitative estimate of drug-likeness (QED) is 0.395. The van der Waals surface area contributed by atoms with E-state index in [1.54, 1.807) is 4.43 Å². The summed E-state index contributed by atoms with van der Waals surface area (Å²) in [6.07, 6.45) is 0. The molecule has 1 saturated heterocycles. The van der Waals surface area contributed by atoms with E-state index in [0.717, 1.165) is 0 Å². The fraction of sp³-hybridized carbons (Fsp3) is 1.00. The first-order valence-electron chi connectivity index (χ1n) is 1.85. The summed E-state index contributed by atoms with van der Waals surface area (Å²) in [6.45, 7) is 2.37. The second-order valence-corrected chi connectivity index (χ2v) is 8.23. The van der Waals surface area contributed by atoms with Gasteiger partial charge in [-0.25, -0.2) is 0 Å². The van der Waals surface area contributed by atoms with E-state index in [0.29, 0.717) is 0 Å². The Kier molecular flexibility index (Phi) is 0.860. The first-order chi connectivity index (χ1) is 2.30. The van der Waals surface area contributed by atoms with Crippen LogP contribution in [0.25, 0.3) is 0 Å². The predicted octanol–water partition coefficient (Wildman–Crippen LogP) is 1.52. The minimum absolute atomic E-state index is 0.115. The van der Waals surface area contributed by atoms with Crippen molar-refractivity contribution >= 4 is 19.8 Å². The zero-order chi connectivity index (χ0) is 3.86. The van der Waals surface area contributed by atoms with Crippen LogP contribution in [0, 0.1) is 0 Å². The average Bonchev–Trinajstić information content (AvgIpc) is 1.79. The van der Waals surface area contributed by atoms with Gasteiger partial charge in [0.25, 0.3) is 0 Å². The molecule has 5 heavy (non-hydrogen) atoms. The molecule has 1 aliphatic rings. The number of hydrogen-bond donors (Lipinski definition) is 0. The van der Waals surface area contributed by atoms with E-state index in [1.165, 1.54) is 3.92 Å². The summed E-state index contributed by atoms with van der Waals surface area (Å²) in [5.74, 6) is 0. The van der Waals surface area contributed by atoms with Gasteiger partial charge in [0, 0.05) is 0 Å². The van der Waals surface area contributed by atoms with E-state index >= 15 is 0 Å². The zero-order valence-corrected chi connectivity index (χ0v) is 5.82. The second kappa shape index (κ2) is 1.10. The van der Waals surface area contributed by atoms with Crippen LogP contribution in [0.5, 0.6) is 0 Å². The van der Waals surface area contributed by atoms with Gasteiger partial charge in [-0.15, -0.1) is 0 Å². The normalized spacial score (nSPS) is 42.0. The molecule has 1 heteroatoms. The van der Waals surface area contributed by atoms with Gasteiger partial charge in [0.1, 0.15) is 0 Å². The van der Waals surface area contributed by atoms with E-state index in [9.17, 15) is 0 Å². The molecule has 0 unspecified atom stereocenters. The van der Waals surface area contributed by atoms with Crippen molar-refractivity contribution in [3.05, 3.63) is 0 Å². The molecule has 0 amide bonds. The average molecular weight is 184 g/mol. The van der Waals surface area contributed by atoms with E-state index in [4.69, 9.17) is 0 Å². The van der Waals surface area contributed by atoms with Gasteiger partial charge in [-0.3, -0.25) is 0 Å². The van der Waals surface area contributed by atoms with Crippen molar-refractivity contribution in [2.45, 2.75) is 10.8 Å². The Balaban J connectivity index is 2.20. The molecular weight excluding hydrogens is 175 g/mol. The summed E-state index contributed by atoms with van der Waals surface area (Å²) >= 11 is -0.115. The Hall–Kier alpha value is 0.730. The standard InChI is InChI=1S/C4H9I/c1-4-3-5(4)2/h4H,3H2,1-2H3/t4-/m1/s1. The maximum atomic E-state index is 2.45. The predicted molar refractivity (Wildman–Crippen MR) is 34.3 cm³/mol. The van der Waals surface area contributed by atoms with Crippen LogP contribution in [0.1, 0.15) is 6.92 Å². The Morgan fingerprint density at radius 1 is 1.80 bits per heavy atom. The number of alkyl halides is 3. The van der Waals surface area contributed by atoms with Crippen molar-refractivity contribution in [2.75, 3.05) is 9.36 Å². The summed E-state index contributed by atoms with van der Waals surface area (Å²) in [7, 11) is 0. The molecule has 0 aromatic carbocycles. The third-order valence-corrected chi connectivity index (χ3v) is 6.64. The second-order valence-electron chi connectivity index (χ2n) is 1.57. The van der Waals surface area contributed by atoms with Crippen molar-refractivity contribution in [1.82, 2.24) is 0 Å². The van der Waals surface area contributed by atoms with Crippen molar-refractivity contribution in [3.63, 3.8) is 0 Å². The van der Waals surface area contributed by atoms with E-state index in [2.05, 4.69) is 11.9 Å². The first-order valence-corrected chi connectivity index (χ1v) is 6.78. The van der Waals surface area contributed by atoms with Crippen LogP contribution in [-0.2, 0) is 0 Å².